The highest BCUT2D eigenvalue weighted by atomic mass is 32.1. The van der Waals surface area contributed by atoms with Gasteiger partial charge in [0.15, 0.2) is 4.77 Å². The molecule has 1 N–H and O–H groups in total. The fourth-order valence-electron chi connectivity index (χ4n) is 2.38. The molecule has 1 amide bonds. The lowest BCUT2D eigenvalue weighted by Gasteiger charge is -2.22. The maximum absolute atomic E-state index is 12.2. The molecule has 4 nitrogen and oxygen atoms in total. The fourth-order valence-corrected chi connectivity index (χ4v) is 2.60. The molecule has 0 bridgehead atoms. The zero-order valence-corrected chi connectivity index (χ0v) is 12.1. The number of carbonyl (C=O) groups excluding carboxylic acids is 1. The van der Waals surface area contributed by atoms with Gasteiger partial charge in [-0.3, -0.25) is 4.79 Å². The van der Waals surface area contributed by atoms with E-state index in [0.717, 1.165) is 31.6 Å². The van der Waals surface area contributed by atoms with Gasteiger partial charge in [0.25, 0.3) is 0 Å². The maximum atomic E-state index is 12.2. The van der Waals surface area contributed by atoms with Crippen molar-refractivity contribution in [3.8, 4) is 0 Å². The molecule has 0 radical (unpaired) electrons. The number of nitrogens with zero attached hydrogens (tertiary/aromatic N) is 2. The third-order valence-electron chi connectivity index (χ3n) is 3.39. The Bertz CT molecular complexity index is 489. The van der Waals surface area contributed by atoms with Gasteiger partial charge in [-0.2, -0.15) is 0 Å². The van der Waals surface area contributed by atoms with E-state index >= 15 is 0 Å². The number of nitrogens with one attached hydrogen (secondary N) is 1. The number of carbonyl (C=O) groups is 1. The molecule has 0 saturated carbocycles. The van der Waals surface area contributed by atoms with Gasteiger partial charge in [0, 0.05) is 30.4 Å². The van der Waals surface area contributed by atoms with Crippen molar-refractivity contribution in [2.24, 2.45) is 0 Å². The molecule has 1 aromatic rings. The van der Waals surface area contributed by atoms with E-state index in [0.29, 0.717) is 11.3 Å². The van der Waals surface area contributed by atoms with Crippen molar-refractivity contribution in [3.05, 3.63) is 16.7 Å². The van der Waals surface area contributed by atoms with Crippen LogP contribution in [0, 0.1) is 4.77 Å². The first-order valence-corrected chi connectivity index (χ1v) is 6.87. The number of H-pyrrole nitrogens is 1. The Kier molecular flexibility index (Phi) is 3.61. The topological polar surface area (TPSA) is 41.0 Å². The molecular formula is C13H21N3OS. The normalized spacial score (nSPS) is 16.3. The molecule has 100 valence electrons. The number of aromatic nitrogens is 2. The summed E-state index contributed by atoms with van der Waals surface area (Å²) in [5.41, 5.74) is 1.07. The van der Waals surface area contributed by atoms with Crippen LogP contribution in [-0.2, 0) is 16.8 Å². The first-order valence-electron chi connectivity index (χ1n) is 6.46. The van der Waals surface area contributed by atoms with Crippen LogP contribution >= 0.6 is 12.2 Å². The predicted octanol–water partition coefficient (Wildman–Crippen LogP) is 2.47. The summed E-state index contributed by atoms with van der Waals surface area (Å²) >= 11 is 5.27. The summed E-state index contributed by atoms with van der Waals surface area (Å²) in [5.74, 6) is 0.175. The minimum absolute atomic E-state index is 0.0150. The first kappa shape index (κ1) is 13.3. The van der Waals surface area contributed by atoms with E-state index in [1.807, 2.05) is 15.7 Å². The second-order valence-electron chi connectivity index (χ2n) is 5.90. The molecular weight excluding hydrogens is 246 g/mol. The number of hydrogen-bond donors (Lipinski definition) is 1. The van der Waals surface area contributed by atoms with Crippen molar-refractivity contribution in [2.45, 2.75) is 45.6 Å². The zero-order valence-electron chi connectivity index (χ0n) is 11.3. The number of aromatic amines is 1. The Morgan fingerprint density at radius 1 is 1.39 bits per heavy atom. The minimum Gasteiger partial charge on any atom is -0.341 e. The third-order valence-corrected chi connectivity index (χ3v) is 3.73. The fraction of sp³-hybridized carbons (Fsp3) is 0.692. The molecule has 0 aliphatic carbocycles. The lowest BCUT2D eigenvalue weighted by molar-refractivity contribution is -0.130. The minimum atomic E-state index is -0.0150. The molecule has 2 heterocycles. The van der Waals surface area contributed by atoms with Crippen LogP contribution in [-0.4, -0.2) is 33.4 Å². The van der Waals surface area contributed by atoms with Gasteiger partial charge in [-0.05, 0) is 25.1 Å². The van der Waals surface area contributed by atoms with E-state index < -0.39 is 0 Å². The van der Waals surface area contributed by atoms with Crippen LogP contribution in [0.15, 0.2) is 6.20 Å². The molecule has 0 atom stereocenters. The van der Waals surface area contributed by atoms with Crippen molar-refractivity contribution in [2.75, 3.05) is 13.1 Å². The summed E-state index contributed by atoms with van der Waals surface area (Å²) in [6.45, 7) is 8.52. The molecule has 1 aromatic heterocycles. The molecule has 18 heavy (non-hydrogen) atoms. The highest BCUT2D eigenvalue weighted by Crippen LogP contribution is 2.22. The highest BCUT2D eigenvalue weighted by molar-refractivity contribution is 7.71. The van der Waals surface area contributed by atoms with Gasteiger partial charge in [0.2, 0.25) is 5.91 Å². The molecule has 0 aromatic carbocycles. The Morgan fingerprint density at radius 2 is 2.00 bits per heavy atom. The van der Waals surface area contributed by atoms with Gasteiger partial charge in [0.1, 0.15) is 6.54 Å². The second kappa shape index (κ2) is 4.88. The third kappa shape index (κ3) is 2.66. The Balaban J connectivity index is 2.21. The lowest BCUT2D eigenvalue weighted by atomic mass is 9.92. The summed E-state index contributed by atoms with van der Waals surface area (Å²) in [5, 5.41) is 0. The number of imidazole rings is 1. The van der Waals surface area contributed by atoms with Crippen molar-refractivity contribution in [1.29, 1.82) is 0 Å². The van der Waals surface area contributed by atoms with Gasteiger partial charge in [0.05, 0.1) is 0 Å². The number of likely N-dealkylation sites (tertiary alicyclic amines) is 1. The molecule has 1 aliphatic rings. The van der Waals surface area contributed by atoms with Gasteiger partial charge in [-0.1, -0.05) is 20.8 Å². The van der Waals surface area contributed by atoms with Crippen molar-refractivity contribution in [3.63, 3.8) is 0 Å². The van der Waals surface area contributed by atoms with Gasteiger partial charge in [-0.25, -0.2) is 0 Å². The maximum Gasteiger partial charge on any atom is 0.242 e. The van der Waals surface area contributed by atoms with Gasteiger partial charge >= 0.3 is 0 Å². The molecule has 1 fully saturated rings. The van der Waals surface area contributed by atoms with Crippen LogP contribution in [0.5, 0.6) is 0 Å². The molecule has 0 unspecified atom stereocenters. The van der Waals surface area contributed by atoms with Crippen LogP contribution < -0.4 is 0 Å². The Morgan fingerprint density at radius 3 is 2.56 bits per heavy atom. The van der Waals surface area contributed by atoms with Crippen molar-refractivity contribution < 1.29 is 4.79 Å². The van der Waals surface area contributed by atoms with E-state index in [9.17, 15) is 4.79 Å². The van der Waals surface area contributed by atoms with E-state index in [1.165, 1.54) is 0 Å². The molecule has 2 rings (SSSR count). The average Bonchev–Trinajstić information content (AvgIpc) is 2.87. The number of hydrogen-bond acceptors (Lipinski definition) is 2. The molecule has 1 saturated heterocycles. The Hall–Kier alpha value is -1.10. The van der Waals surface area contributed by atoms with Crippen LogP contribution in [0.4, 0.5) is 0 Å². The summed E-state index contributed by atoms with van der Waals surface area (Å²) in [6.07, 6.45) is 4.16. The van der Waals surface area contributed by atoms with E-state index in [1.54, 1.807) is 0 Å². The van der Waals surface area contributed by atoms with E-state index in [-0.39, 0.29) is 11.3 Å². The second-order valence-corrected chi connectivity index (χ2v) is 6.29. The summed E-state index contributed by atoms with van der Waals surface area (Å²) in [6, 6.07) is 0. The summed E-state index contributed by atoms with van der Waals surface area (Å²) in [7, 11) is 0. The van der Waals surface area contributed by atoms with Crippen LogP contribution in [0.25, 0.3) is 0 Å². The number of rotatable bonds is 2. The standard InChI is InChI=1S/C13H21N3OS/c1-13(2,3)10-8-14-12(18)16(10)9-11(17)15-6-4-5-7-15/h8H,4-7,9H2,1-3H3,(H,14,18). The summed E-state index contributed by atoms with van der Waals surface area (Å²) < 4.78 is 2.56. The zero-order chi connectivity index (χ0) is 13.3. The van der Waals surface area contributed by atoms with E-state index in [2.05, 4.69) is 25.8 Å². The smallest absolute Gasteiger partial charge is 0.242 e. The van der Waals surface area contributed by atoms with Gasteiger partial charge < -0.3 is 14.5 Å². The van der Waals surface area contributed by atoms with Crippen molar-refractivity contribution >= 4 is 18.1 Å². The summed E-state index contributed by atoms with van der Waals surface area (Å²) in [4.78, 5) is 17.2. The van der Waals surface area contributed by atoms with Crippen molar-refractivity contribution in [1.82, 2.24) is 14.5 Å². The number of amides is 1. The average molecular weight is 267 g/mol. The Labute approximate surface area is 113 Å². The van der Waals surface area contributed by atoms with Gasteiger partial charge in [-0.15, -0.1) is 0 Å². The van der Waals surface area contributed by atoms with Crippen LogP contribution in [0.3, 0.4) is 0 Å². The molecule has 1 aliphatic heterocycles. The quantitative estimate of drug-likeness (QED) is 0.836. The predicted molar refractivity (Wildman–Crippen MR) is 74.1 cm³/mol. The van der Waals surface area contributed by atoms with Crippen LogP contribution in [0.2, 0.25) is 0 Å². The largest absolute Gasteiger partial charge is 0.341 e. The molecule has 5 heteroatoms. The monoisotopic (exact) mass is 267 g/mol. The SMILES string of the molecule is CC(C)(C)c1c[nH]c(=S)n1CC(=O)N1CCCC1. The first-order chi connectivity index (χ1) is 8.39. The van der Waals surface area contributed by atoms with Crippen LogP contribution in [0.1, 0.15) is 39.3 Å². The molecule has 0 spiro atoms. The highest BCUT2D eigenvalue weighted by Gasteiger charge is 2.23. The lowest BCUT2D eigenvalue weighted by Crippen LogP contribution is -2.32. The van der Waals surface area contributed by atoms with E-state index in [4.69, 9.17) is 12.2 Å².